The Morgan fingerprint density at radius 2 is 1.66 bits per heavy atom. The Morgan fingerprint density at radius 1 is 1.07 bits per heavy atom. The Morgan fingerprint density at radius 3 is 2.18 bits per heavy atom. The first kappa shape index (κ1) is 37.4. The Balaban J connectivity index is 2.10. The predicted molar refractivity (Wildman–Crippen MR) is 182 cm³/mol. The van der Waals surface area contributed by atoms with Crippen LogP contribution >= 0.6 is 0 Å². The summed E-state index contributed by atoms with van der Waals surface area (Å²) in [4.78, 5) is 46.9. The van der Waals surface area contributed by atoms with Crippen LogP contribution < -0.4 is 5.32 Å². The van der Waals surface area contributed by atoms with Crippen LogP contribution in [0.25, 0.3) is 5.57 Å². The number of nitrogens with one attached hydrogen (secondary N) is 1. The van der Waals surface area contributed by atoms with Gasteiger partial charge in [0, 0.05) is 36.7 Å². The lowest BCUT2D eigenvalue weighted by atomic mass is 9.65. The van der Waals surface area contributed by atoms with Crippen LogP contribution in [0.4, 0.5) is 0 Å². The molecular weight excluding hydrogens is 550 g/mol. The third-order valence-corrected chi connectivity index (χ3v) is 10.3. The van der Waals surface area contributed by atoms with Gasteiger partial charge in [-0.1, -0.05) is 86.6 Å². The number of ketones is 1. The van der Waals surface area contributed by atoms with Crippen LogP contribution in [0.1, 0.15) is 132 Å². The molecule has 1 saturated heterocycles. The van der Waals surface area contributed by atoms with Crippen molar-refractivity contribution in [3.8, 4) is 0 Å². The van der Waals surface area contributed by atoms with Gasteiger partial charge in [-0.05, 0) is 73.5 Å². The number of rotatable bonds is 13. The average molecular weight is 610 g/mol. The normalized spacial score (nSPS) is 20.0. The van der Waals surface area contributed by atoms with Crippen LogP contribution in [0.2, 0.25) is 0 Å². The number of amides is 2. The topological polar surface area (TPSA) is 99.1 Å². The number of hydrogen-bond acceptors (Lipinski definition) is 5. The van der Waals surface area contributed by atoms with E-state index in [1.54, 1.807) is 6.21 Å². The Labute approximate surface area is 267 Å². The highest BCUT2D eigenvalue weighted by molar-refractivity contribution is 5.94. The van der Waals surface area contributed by atoms with Crippen LogP contribution in [0, 0.1) is 16.2 Å². The molecule has 0 radical (unpaired) electrons. The molecule has 0 aliphatic carbocycles. The Hall–Kier alpha value is -2.80. The Kier molecular flexibility index (Phi) is 12.7. The number of likely N-dealkylation sites (tertiary alicyclic amines) is 1. The van der Waals surface area contributed by atoms with E-state index in [0.29, 0.717) is 12.8 Å². The summed E-state index contributed by atoms with van der Waals surface area (Å²) in [6, 6.07) is 7.04. The van der Waals surface area contributed by atoms with Gasteiger partial charge in [0.1, 0.15) is 6.04 Å². The number of aliphatic hydroxyl groups is 1. The maximum atomic E-state index is 14.0. The molecule has 7 heteroatoms. The van der Waals surface area contributed by atoms with Gasteiger partial charge in [-0.3, -0.25) is 19.4 Å². The third-order valence-electron chi connectivity index (χ3n) is 10.3. The lowest BCUT2D eigenvalue weighted by Gasteiger charge is -2.42. The highest BCUT2D eigenvalue weighted by Gasteiger charge is 2.47. The number of carbonyl (C=O) groups is 3. The van der Waals surface area contributed by atoms with E-state index in [1.165, 1.54) is 10.5 Å². The summed E-state index contributed by atoms with van der Waals surface area (Å²) in [6.07, 6.45) is 3.95. The molecule has 1 aliphatic rings. The maximum absolute atomic E-state index is 14.0. The molecule has 2 rings (SSSR count). The monoisotopic (exact) mass is 609 g/mol. The van der Waals surface area contributed by atoms with E-state index in [9.17, 15) is 19.5 Å². The minimum Gasteiger partial charge on any atom is -0.391 e. The molecule has 0 unspecified atom stereocenters. The summed E-state index contributed by atoms with van der Waals surface area (Å²) in [5.74, 6) is -0.239. The first-order valence-corrected chi connectivity index (χ1v) is 16.4. The van der Waals surface area contributed by atoms with E-state index in [-0.39, 0.29) is 41.9 Å². The standard InChI is InChI=1S/C37H59N3O4/c1-13-36(9,10)37(11,12)34(44)39-32(35(6,7)8)33(43)40-23-29(41)22-30(40)31(42)17-15-16-24(3)27-18-20-28(21-19-27)25(4)26(5)38-14-2/h14,18-21,24,29-30,32,41H,13,15-17,22-23H2,1-12H3,(H,39,44)/b26-25+,38-14-/t24-,29-,30+,32-/m1/s1. The summed E-state index contributed by atoms with van der Waals surface area (Å²) in [5.41, 5.74) is 2.94. The van der Waals surface area contributed by atoms with Crippen LogP contribution in [0.15, 0.2) is 35.0 Å². The van der Waals surface area contributed by atoms with Gasteiger partial charge in [0.15, 0.2) is 5.78 Å². The summed E-state index contributed by atoms with van der Waals surface area (Å²) in [5, 5.41) is 13.6. The minimum atomic E-state index is -0.818. The van der Waals surface area contributed by atoms with Gasteiger partial charge in [-0.15, -0.1) is 0 Å². The molecule has 0 saturated carbocycles. The van der Waals surface area contributed by atoms with Gasteiger partial charge in [0.25, 0.3) is 0 Å². The average Bonchev–Trinajstić information content (AvgIpc) is 3.35. The minimum absolute atomic E-state index is 0.0309. The molecule has 1 fully saturated rings. The van der Waals surface area contributed by atoms with Crippen molar-refractivity contribution in [2.45, 2.75) is 139 Å². The molecule has 0 bridgehead atoms. The van der Waals surface area contributed by atoms with Crippen molar-refractivity contribution in [3.63, 3.8) is 0 Å². The number of aliphatic imine (C=N–C) groups is 1. The van der Waals surface area contributed by atoms with Crippen molar-refractivity contribution >= 4 is 29.4 Å². The van der Waals surface area contributed by atoms with Crippen molar-refractivity contribution in [1.82, 2.24) is 10.2 Å². The fourth-order valence-corrected chi connectivity index (χ4v) is 5.71. The van der Waals surface area contributed by atoms with Gasteiger partial charge in [-0.25, -0.2) is 0 Å². The van der Waals surface area contributed by atoms with Gasteiger partial charge in [0.05, 0.1) is 12.1 Å². The number of allylic oxidation sites excluding steroid dienone is 2. The molecule has 4 atom stereocenters. The molecule has 1 heterocycles. The fraction of sp³-hybridized carbons (Fsp3) is 0.676. The second-order valence-electron chi connectivity index (χ2n) is 15.0. The number of nitrogens with zero attached hydrogens (tertiary/aromatic N) is 2. The van der Waals surface area contributed by atoms with E-state index < -0.39 is 29.0 Å². The molecular formula is C37H59N3O4. The van der Waals surface area contributed by atoms with Crippen molar-refractivity contribution in [2.75, 3.05) is 6.54 Å². The van der Waals surface area contributed by atoms with Gasteiger partial charge in [-0.2, -0.15) is 0 Å². The van der Waals surface area contributed by atoms with Crippen molar-refractivity contribution in [1.29, 1.82) is 0 Å². The molecule has 1 aliphatic heterocycles. The zero-order valence-corrected chi connectivity index (χ0v) is 29.5. The molecule has 0 spiro atoms. The highest BCUT2D eigenvalue weighted by atomic mass is 16.3. The number of β-amino-alcohol motifs (C(OH)–C–C–N with tert-alkyl or cyclic N) is 1. The van der Waals surface area contributed by atoms with Gasteiger partial charge >= 0.3 is 0 Å². The first-order valence-electron chi connectivity index (χ1n) is 16.4. The maximum Gasteiger partial charge on any atom is 0.246 e. The zero-order valence-electron chi connectivity index (χ0n) is 29.5. The molecule has 44 heavy (non-hydrogen) atoms. The summed E-state index contributed by atoms with van der Waals surface area (Å²) in [7, 11) is 0. The number of benzene rings is 1. The quantitative estimate of drug-likeness (QED) is 0.229. The number of carbonyl (C=O) groups excluding carboxylic acids is 3. The fourth-order valence-electron chi connectivity index (χ4n) is 5.71. The molecule has 246 valence electrons. The molecule has 0 aromatic heterocycles. The lowest BCUT2D eigenvalue weighted by molar-refractivity contribution is -0.147. The molecule has 1 aromatic carbocycles. The number of hydrogen-bond donors (Lipinski definition) is 2. The van der Waals surface area contributed by atoms with E-state index in [1.807, 2.05) is 48.5 Å². The Bertz CT molecular complexity index is 1220. The van der Waals surface area contributed by atoms with Gasteiger partial charge < -0.3 is 15.3 Å². The van der Waals surface area contributed by atoms with Crippen molar-refractivity contribution in [3.05, 3.63) is 41.1 Å². The first-order chi connectivity index (χ1) is 20.3. The molecule has 7 nitrogen and oxygen atoms in total. The van der Waals surface area contributed by atoms with Crippen molar-refractivity contribution in [2.24, 2.45) is 21.2 Å². The van der Waals surface area contributed by atoms with E-state index >= 15 is 0 Å². The molecule has 1 aromatic rings. The summed E-state index contributed by atoms with van der Waals surface area (Å²) >= 11 is 0. The largest absolute Gasteiger partial charge is 0.391 e. The highest BCUT2D eigenvalue weighted by Crippen LogP contribution is 2.42. The molecule has 2 amide bonds. The van der Waals surface area contributed by atoms with Crippen LogP contribution in [-0.2, 0) is 14.4 Å². The van der Waals surface area contributed by atoms with Crippen LogP contribution in [0.5, 0.6) is 0 Å². The summed E-state index contributed by atoms with van der Waals surface area (Å²) in [6.45, 7) is 24.0. The van der Waals surface area contributed by atoms with E-state index in [2.05, 4.69) is 69.2 Å². The second kappa shape index (κ2) is 15.0. The van der Waals surface area contributed by atoms with Crippen LogP contribution in [-0.4, -0.2) is 58.6 Å². The van der Waals surface area contributed by atoms with Gasteiger partial charge in [0.2, 0.25) is 11.8 Å². The second-order valence-corrected chi connectivity index (χ2v) is 15.0. The van der Waals surface area contributed by atoms with Crippen LogP contribution in [0.3, 0.4) is 0 Å². The third kappa shape index (κ3) is 8.89. The van der Waals surface area contributed by atoms with Crippen molar-refractivity contribution < 1.29 is 19.5 Å². The van der Waals surface area contributed by atoms with E-state index in [0.717, 1.165) is 29.7 Å². The number of aliphatic hydroxyl groups excluding tert-OH is 1. The molecule has 2 N–H and O–H groups in total. The van der Waals surface area contributed by atoms with E-state index in [4.69, 9.17) is 0 Å². The zero-order chi connectivity index (χ0) is 33.6. The lowest BCUT2D eigenvalue weighted by Crippen LogP contribution is -2.59. The smallest absolute Gasteiger partial charge is 0.246 e. The predicted octanol–water partition coefficient (Wildman–Crippen LogP) is 7.33. The number of Topliss-reactive ketones (excluding diaryl/α,β-unsaturated/α-hetero) is 1. The SMILES string of the molecule is C/C=N\C(C)=C(/C)c1ccc([C@H](C)CCCC(=O)[C@@H]2C[C@@H](O)CN2C(=O)[C@@H](NC(=O)C(C)(C)C(C)(C)CC)C(C)(C)C)cc1. The summed E-state index contributed by atoms with van der Waals surface area (Å²) < 4.78 is 0.